The number of hydrogen-bond acceptors (Lipinski definition) is 5. The molecule has 0 aliphatic carbocycles. The molecule has 0 saturated carbocycles. The van der Waals surface area contributed by atoms with Gasteiger partial charge >= 0.3 is 0 Å². The monoisotopic (exact) mass is 945 g/mol. The second kappa shape index (κ2) is 17.9. The van der Waals surface area contributed by atoms with Crippen molar-refractivity contribution in [1.29, 1.82) is 0 Å². The topological polar surface area (TPSA) is 74.3 Å². The number of para-hydroxylation sites is 2. The van der Waals surface area contributed by atoms with Gasteiger partial charge in [-0.1, -0.05) is 182 Å². The van der Waals surface area contributed by atoms with E-state index in [0.717, 1.165) is 117 Å². The average Bonchev–Trinajstić information content (AvgIpc) is 4.00. The number of pyridine rings is 2. The molecule has 74 heavy (non-hydrogen) atoms. The highest BCUT2D eigenvalue weighted by atomic mass is 15.0. The number of benzene rings is 9. The van der Waals surface area contributed by atoms with E-state index in [1.165, 1.54) is 0 Å². The number of rotatable bonds is 9. The minimum Gasteiger partial charge on any atom is -0.309 e. The van der Waals surface area contributed by atoms with Gasteiger partial charge in [0.1, 0.15) is 0 Å². The SMILES string of the molecule is c1ccc(-c2cccc(-c3ccc4c(c3)c3ccccc3n4-c3cc(-c4nc(-c5ccccc5)nc(-c5ccccc5)n4)cc(-n4c5ccccc5c5cc(-c6cccc(-c7ccccc7)n6)ccc54)c3)n2)cc1. The average molecular weight is 946 g/mol. The summed E-state index contributed by atoms with van der Waals surface area (Å²) < 4.78 is 4.76. The van der Waals surface area contributed by atoms with Crippen molar-refractivity contribution in [2.45, 2.75) is 0 Å². The smallest absolute Gasteiger partial charge is 0.164 e. The normalized spacial score (nSPS) is 11.5. The number of aromatic nitrogens is 7. The highest BCUT2D eigenvalue weighted by molar-refractivity contribution is 6.12. The van der Waals surface area contributed by atoms with Crippen LogP contribution in [0.2, 0.25) is 0 Å². The highest BCUT2D eigenvalue weighted by Crippen LogP contribution is 2.40. The van der Waals surface area contributed by atoms with Crippen molar-refractivity contribution < 1.29 is 0 Å². The highest BCUT2D eigenvalue weighted by Gasteiger charge is 2.21. The maximum Gasteiger partial charge on any atom is 0.164 e. The predicted octanol–water partition coefficient (Wildman–Crippen LogP) is 16.5. The Hall–Kier alpha value is -10.1. The molecular weight excluding hydrogens is 903 g/mol. The van der Waals surface area contributed by atoms with Gasteiger partial charge in [-0.05, 0) is 78.9 Å². The summed E-state index contributed by atoms with van der Waals surface area (Å²) >= 11 is 0. The minimum atomic E-state index is 0.570. The van der Waals surface area contributed by atoms with Crippen LogP contribution in [-0.2, 0) is 0 Å². The Morgan fingerprint density at radius 3 is 0.959 bits per heavy atom. The summed E-state index contributed by atoms with van der Waals surface area (Å²) in [6.07, 6.45) is 0. The van der Waals surface area contributed by atoms with Crippen LogP contribution < -0.4 is 0 Å². The fraction of sp³-hybridized carbons (Fsp3) is 0. The van der Waals surface area contributed by atoms with Crippen molar-refractivity contribution in [2.75, 3.05) is 0 Å². The van der Waals surface area contributed by atoms with Crippen LogP contribution in [0.1, 0.15) is 0 Å². The third-order valence-electron chi connectivity index (χ3n) is 14.0. The van der Waals surface area contributed by atoms with Crippen LogP contribution >= 0.6 is 0 Å². The van der Waals surface area contributed by atoms with E-state index in [4.69, 9.17) is 24.9 Å². The zero-order chi connectivity index (χ0) is 49.0. The van der Waals surface area contributed by atoms with Gasteiger partial charge in [-0.2, -0.15) is 0 Å². The van der Waals surface area contributed by atoms with Gasteiger partial charge in [0.05, 0.1) is 44.8 Å². The van der Waals surface area contributed by atoms with Crippen molar-refractivity contribution in [2.24, 2.45) is 0 Å². The molecule has 0 amide bonds. The van der Waals surface area contributed by atoms with Gasteiger partial charge in [-0.15, -0.1) is 0 Å². The molecule has 0 bridgehead atoms. The lowest BCUT2D eigenvalue weighted by Crippen LogP contribution is -2.03. The van der Waals surface area contributed by atoms with E-state index in [-0.39, 0.29) is 0 Å². The molecule has 0 aliphatic rings. The van der Waals surface area contributed by atoms with Gasteiger partial charge in [-0.25, -0.2) is 24.9 Å². The molecule has 0 saturated heterocycles. The minimum absolute atomic E-state index is 0.570. The molecule has 346 valence electrons. The third-order valence-corrected chi connectivity index (χ3v) is 14.0. The Kier molecular flexibility index (Phi) is 10.4. The van der Waals surface area contributed by atoms with Crippen LogP contribution in [0.15, 0.2) is 261 Å². The summed E-state index contributed by atoms with van der Waals surface area (Å²) in [6.45, 7) is 0. The van der Waals surface area contributed by atoms with Crippen molar-refractivity contribution in [3.8, 4) is 90.6 Å². The molecule has 0 atom stereocenters. The lowest BCUT2D eigenvalue weighted by molar-refractivity contribution is 1.07. The van der Waals surface area contributed by atoms with Crippen molar-refractivity contribution >= 4 is 43.6 Å². The molecule has 0 fully saturated rings. The second-order valence-electron chi connectivity index (χ2n) is 18.5. The third kappa shape index (κ3) is 7.59. The number of hydrogen-bond donors (Lipinski definition) is 0. The maximum absolute atomic E-state index is 5.29. The second-order valence-corrected chi connectivity index (χ2v) is 18.5. The van der Waals surface area contributed by atoms with Gasteiger partial charge < -0.3 is 9.13 Å². The van der Waals surface area contributed by atoms with Gasteiger partial charge in [-0.3, -0.25) is 0 Å². The van der Waals surface area contributed by atoms with Crippen LogP contribution in [0.25, 0.3) is 134 Å². The Labute approximate surface area is 427 Å². The standard InChI is InChI=1S/C67H43N7/c1-5-19-44(20-6-1)57-29-17-31-59(68-57)48-35-37-63-55(41-48)53-27-13-15-33-61(53)73(63)51-39-50(67-71-65(46-23-9-3-10-24-46)70-66(72-67)47-25-11-4-12-26-47)40-52(43-51)74-62-34-16-14-28-54(62)56-42-49(36-38-64(56)74)60-32-18-30-58(69-60)45-21-7-2-8-22-45/h1-43H. The molecule has 7 heteroatoms. The summed E-state index contributed by atoms with van der Waals surface area (Å²) in [6, 6.07) is 91.1. The number of nitrogens with zero attached hydrogens (tertiary/aromatic N) is 7. The molecule has 0 N–H and O–H groups in total. The van der Waals surface area contributed by atoms with Gasteiger partial charge in [0, 0.05) is 71.9 Å². The van der Waals surface area contributed by atoms with Gasteiger partial charge in [0.25, 0.3) is 0 Å². The van der Waals surface area contributed by atoms with Crippen LogP contribution in [0.3, 0.4) is 0 Å². The van der Waals surface area contributed by atoms with Crippen LogP contribution in [0.4, 0.5) is 0 Å². The van der Waals surface area contributed by atoms with Crippen LogP contribution in [-0.4, -0.2) is 34.1 Å². The van der Waals surface area contributed by atoms with E-state index in [0.29, 0.717) is 17.5 Å². The zero-order valence-corrected chi connectivity index (χ0v) is 40.0. The van der Waals surface area contributed by atoms with Crippen LogP contribution in [0, 0.1) is 0 Å². The lowest BCUT2D eigenvalue weighted by atomic mass is 10.1. The number of fused-ring (bicyclic) bond motifs is 6. The van der Waals surface area contributed by atoms with E-state index in [1.807, 2.05) is 48.5 Å². The van der Waals surface area contributed by atoms with Crippen molar-refractivity contribution in [1.82, 2.24) is 34.1 Å². The van der Waals surface area contributed by atoms with Crippen LogP contribution in [0.5, 0.6) is 0 Å². The molecule has 5 aromatic heterocycles. The van der Waals surface area contributed by atoms with E-state index >= 15 is 0 Å². The molecule has 9 aromatic carbocycles. The van der Waals surface area contributed by atoms with E-state index in [9.17, 15) is 0 Å². The fourth-order valence-corrected chi connectivity index (χ4v) is 10.5. The summed E-state index contributed by atoms with van der Waals surface area (Å²) in [7, 11) is 0. The molecule has 7 nitrogen and oxygen atoms in total. The zero-order valence-electron chi connectivity index (χ0n) is 40.0. The summed E-state index contributed by atoms with van der Waals surface area (Å²) in [4.78, 5) is 26.0. The molecule has 0 aliphatic heterocycles. The first kappa shape index (κ1) is 42.7. The maximum atomic E-state index is 5.29. The molecule has 0 spiro atoms. The van der Waals surface area contributed by atoms with Crippen molar-refractivity contribution in [3.05, 3.63) is 261 Å². The lowest BCUT2D eigenvalue weighted by Gasteiger charge is -2.16. The van der Waals surface area contributed by atoms with E-state index in [1.54, 1.807) is 0 Å². The van der Waals surface area contributed by atoms with E-state index in [2.05, 4.69) is 221 Å². The predicted molar refractivity (Wildman–Crippen MR) is 302 cm³/mol. The first-order valence-electron chi connectivity index (χ1n) is 24.8. The largest absolute Gasteiger partial charge is 0.309 e. The first-order chi connectivity index (χ1) is 36.7. The fourth-order valence-electron chi connectivity index (χ4n) is 10.5. The molecule has 5 heterocycles. The summed E-state index contributed by atoms with van der Waals surface area (Å²) in [5.41, 5.74) is 16.9. The Bertz CT molecular complexity index is 4140. The van der Waals surface area contributed by atoms with Gasteiger partial charge in [0.15, 0.2) is 17.5 Å². The quantitative estimate of drug-likeness (QED) is 0.144. The Morgan fingerprint density at radius 2 is 0.541 bits per heavy atom. The molecule has 14 rings (SSSR count). The first-order valence-corrected chi connectivity index (χ1v) is 24.8. The van der Waals surface area contributed by atoms with Gasteiger partial charge in [0.2, 0.25) is 0 Å². The Morgan fingerprint density at radius 1 is 0.203 bits per heavy atom. The molecule has 0 radical (unpaired) electrons. The summed E-state index contributed by atoms with van der Waals surface area (Å²) in [5.74, 6) is 1.77. The summed E-state index contributed by atoms with van der Waals surface area (Å²) in [5, 5.41) is 4.54. The Balaban J connectivity index is 1.00. The molecule has 14 aromatic rings. The molecule has 0 unspecified atom stereocenters. The molecular formula is C67H43N7. The van der Waals surface area contributed by atoms with E-state index < -0.39 is 0 Å². The van der Waals surface area contributed by atoms with Crippen molar-refractivity contribution in [3.63, 3.8) is 0 Å².